The predicted molar refractivity (Wildman–Crippen MR) is 61.4 cm³/mol. The van der Waals surface area contributed by atoms with Crippen molar-refractivity contribution in [2.75, 3.05) is 6.61 Å². The van der Waals surface area contributed by atoms with Crippen molar-refractivity contribution < 1.29 is 22.7 Å². The molecule has 0 atom stereocenters. The summed E-state index contributed by atoms with van der Waals surface area (Å²) >= 11 is 4.99. The second-order valence-electron chi connectivity index (χ2n) is 3.17. The van der Waals surface area contributed by atoms with Gasteiger partial charge in [-0.25, -0.2) is 9.79 Å². The Bertz CT molecular complexity index is 472. The van der Waals surface area contributed by atoms with Crippen molar-refractivity contribution in [1.29, 1.82) is 0 Å². The number of aliphatic imine (C=N–C) groups is 1. The zero-order valence-electron chi connectivity index (χ0n) is 9.29. The van der Waals surface area contributed by atoms with E-state index < -0.39 is 17.3 Å². The molecule has 0 fully saturated rings. The van der Waals surface area contributed by atoms with Crippen LogP contribution in [0.4, 0.5) is 18.9 Å². The highest BCUT2D eigenvalue weighted by Gasteiger charge is 2.34. The molecule has 0 amide bonds. The maximum Gasteiger partial charge on any atom is 0.444 e. The number of benzene rings is 1. The molecular formula is C11H9ClF3NO2. The lowest BCUT2D eigenvalue weighted by molar-refractivity contribution is -0.0558. The minimum Gasteiger partial charge on any atom is -0.462 e. The molecule has 3 nitrogen and oxygen atoms in total. The standard InChI is InChI=1S/C11H9ClF3NO2/c1-2-18-9(17)7-4-3-5-8(6-7)16-10(12)11(13,14)15/h3-6H,2H2,1H3. The molecule has 18 heavy (non-hydrogen) atoms. The number of esters is 1. The SMILES string of the molecule is CCOC(=O)c1cccc(N=C(Cl)C(F)(F)F)c1. The molecule has 0 aliphatic rings. The third-order valence-electron chi connectivity index (χ3n) is 1.82. The molecule has 0 bridgehead atoms. The van der Waals surface area contributed by atoms with Crippen LogP contribution in [0.3, 0.4) is 0 Å². The van der Waals surface area contributed by atoms with Crippen molar-refractivity contribution >= 4 is 28.4 Å². The van der Waals surface area contributed by atoms with Crippen LogP contribution in [0.5, 0.6) is 0 Å². The molecule has 0 unspecified atom stereocenters. The summed E-state index contributed by atoms with van der Waals surface area (Å²) in [5.41, 5.74) is 0.0487. The highest BCUT2D eigenvalue weighted by Crippen LogP contribution is 2.24. The molecule has 0 heterocycles. The Morgan fingerprint density at radius 1 is 1.44 bits per heavy atom. The fourth-order valence-electron chi connectivity index (χ4n) is 1.09. The van der Waals surface area contributed by atoms with E-state index in [0.717, 1.165) is 0 Å². The van der Waals surface area contributed by atoms with Gasteiger partial charge in [0.15, 0.2) is 0 Å². The van der Waals surface area contributed by atoms with Crippen molar-refractivity contribution in [3.63, 3.8) is 0 Å². The summed E-state index contributed by atoms with van der Waals surface area (Å²) in [5, 5.41) is -1.50. The molecule has 0 aliphatic carbocycles. The van der Waals surface area contributed by atoms with Gasteiger partial charge in [-0.1, -0.05) is 17.7 Å². The van der Waals surface area contributed by atoms with Gasteiger partial charge in [-0.3, -0.25) is 0 Å². The zero-order chi connectivity index (χ0) is 13.8. The first-order chi connectivity index (χ1) is 8.34. The van der Waals surface area contributed by atoms with Crippen LogP contribution in [-0.4, -0.2) is 23.9 Å². The monoisotopic (exact) mass is 279 g/mol. The first kappa shape index (κ1) is 14.5. The Balaban J connectivity index is 3.00. The average Bonchev–Trinajstić information content (AvgIpc) is 2.28. The molecule has 0 aromatic heterocycles. The minimum atomic E-state index is -4.71. The van der Waals surface area contributed by atoms with Crippen LogP contribution >= 0.6 is 11.6 Å². The summed E-state index contributed by atoms with van der Waals surface area (Å²) in [6, 6.07) is 5.28. The summed E-state index contributed by atoms with van der Waals surface area (Å²) in [7, 11) is 0. The van der Waals surface area contributed by atoms with E-state index in [1.807, 2.05) is 0 Å². The van der Waals surface area contributed by atoms with Gasteiger partial charge in [0.25, 0.3) is 0 Å². The van der Waals surface area contributed by atoms with E-state index in [-0.39, 0.29) is 17.9 Å². The Kier molecular flexibility index (Phi) is 4.72. The van der Waals surface area contributed by atoms with E-state index in [1.165, 1.54) is 24.3 Å². The molecule has 0 N–H and O–H groups in total. The Morgan fingerprint density at radius 2 is 2.11 bits per heavy atom. The van der Waals surface area contributed by atoms with Crippen LogP contribution in [0.1, 0.15) is 17.3 Å². The van der Waals surface area contributed by atoms with Gasteiger partial charge in [-0.2, -0.15) is 13.2 Å². The summed E-state index contributed by atoms with van der Waals surface area (Å²) in [6.45, 7) is 1.80. The zero-order valence-corrected chi connectivity index (χ0v) is 10.0. The van der Waals surface area contributed by atoms with Gasteiger partial charge in [-0.15, -0.1) is 0 Å². The number of hydrogen-bond donors (Lipinski definition) is 0. The van der Waals surface area contributed by atoms with Crippen molar-refractivity contribution in [3.05, 3.63) is 29.8 Å². The fraction of sp³-hybridized carbons (Fsp3) is 0.273. The van der Waals surface area contributed by atoms with Gasteiger partial charge in [0.05, 0.1) is 17.9 Å². The molecule has 1 aromatic carbocycles. The quantitative estimate of drug-likeness (QED) is 0.625. The third-order valence-corrected chi connectivity index (χ3v) is 2.12. The van der Waals surface area contributed by atoms with Crippen molar-refractivity contribution in [2.45, 2.75) is 13.1 Å². The Hall–Kier alpha value is -1.56. The Morgan fingerprint density at radius 3 is 2.67 bits per heavy atom. The van der Waals surface area contributed by atoms with Gasteiger partial charge in [-0.05, 0) is 25.1 Å². The van der Waals surface area contributed by atoms with E-state index in [1.54, 1.807) is 6.92 Å². The number of ether oxygens (including phenoxy) is 1. The highest BCUT2D eigenvalue weighted by atomic mass is 35.5. The van der Waals surface area contributed by atoms with Crippen LogP contribution in [0, 0.1) is 0 Å². The average molecular weight is 280 g/mol. The molecule has 0 saturated heterocycles. The van der Waals surface area contributed by atoms with E-state index in [4.69, 9.17) is 16.3 Å². The minimum absolute atomic E-state index is 0.0668. The van der Waals surface area contributed by atoms with Crippen LogP contribution < -0.4 is 0 Å². The fourth-order valence-corrected chi connectivity index (χ4v) is 1.19. The number of halogens is 4. The Labute approximate surface area is 106 Å². The number of carbonyl (C=O) groups excluding carboxylic acids is 1. The molecule has 0 saturated carbocycles. The van der Waals surface area contributed by atoms with E-state index in [0.29, 0.717) is 0 Å². The van der Waals surface area contributed by atoms with Gasteiger partial charge >= 0.3 is 12.1 Å². The van der Waals surface area contributed by atoms with Crippen molar-refractivity contribution in [2.24, 2.45) is 4.99 Å². The number of alkyl halides is 3. The van der Waals surface area contributed by atoms with Crippen molar-refractivity contribution in [1.82, 2.24) is 0 Å². The number of nitrogens with zero attached hydrogens (tertiary/aromatic N) is 1. The second-order valence-corrected chi connectivity index (χ2v) is 3.53. The van der Waals surface area contributed by atoms with Gasteiger partial charge in [0.2, 0.25) is 5.17 Å². The first-order valence-electron chi connectivity index (χ1n) is 4.93. The summed E-state index contributed by atoms with van der Waals surface area (Å²) in [5.74, 6) is -0.627. The lowest BCUT2D eigenvalue weighted by atomic mass is 10.2. The molecule has 1 aromatic rings. The summed E-state index contributed by atoms with van der Waals surface area (Å²) in [6.07, 6.45) is -4.71. The molecule has 0 spiro atoms. The number of hydrogen-bond acceptors (Lipinski definition) is 3. The molecular weight excluding hydrogens is 271 g/mol. The van der Waals surface area contributed by atoms with Gasteiger partial charge in [0.1, 0.15) is 0 Å². The van der Waals surface area contributed by atoms with Gasteiger partial charge in [0, 0.05) is 0 Å². The van der Waals surface area contributed by atoms with E-state index in [2.05, 4.69) is 4.99 Å². The third kappa shape index (κ3) is 4.03. The molecule has 98 valence electrons. The van der Waals surface area contributed by atoms with Crippen LogP contribution in [0.25, 0.3) is 0 Å². The first-order valence-corrected chi connectivity index (χ1v) is 5.31. The van der Waals surface area contributed by atoms with E-state index in [9.17, 15) is 18.0 Å². The predicted octanol–water partition coefficient (Wildman–Crippen LogP) is 3.69. The lowest BCUT2D eigenvalue weighted by Gasteiger charge is -2.04. The number of rotatable bonds is 3. The summed E-state index contributed by atoms with van der Waals surface area (Å²) in [4.78, 5) is 14.5. The van der Waals surface area contributed by atoms with Crippen LogP contribution in [0.15, 0.2) is 29.3 Å². The smallest absolute Gasteiger partial charge is 0.444 e. The molecule has 1 rings (SSSR count). The second kappa shape index (κ2) is 5.86. The number of carbonyl (C=O) groups is 1. The maximum absolute atomic E-state index is 12.2. The highest BCUT2D eigenvalue weighted by molar-refractivity contribution is 6.67. The normalized spacial score (nSPS) is 12.4. The maximum atomic E-state index is 12.2. The topological polar surface area (TPSA) is 38.7 Å². The van der Waals surface area contributed by atoms with Crippen molar-refractivity contribution in [3.8, 4) is 0 Å². The largest absolute Gasteiger partial charge is 0.462 e. The van der Waals surface area contributed by atoms with Crippen LogP contribution in [0.2, 0.25) is 0 Å². The van der Waals surface area contributed by atoms with Crippen LogP contribution in [-0.2, 0) is 4.74 Å². The lowest BCUT2D eigenvalue weighted by Crippen LogP contribution is -2.16. The molecule has 0 radical (unpaired) electrons. The molecule has 7 heteroatoms. The molecule has 0 aliphatic heterocycles. The summed E-state index contributed by atoms with van der Waals surface area (Å²) < 4.78 is 41.2. The van der Waals surface area contributed by atoms with E-state index >= 15 is 0 Å². The van der Waals surface area contributed by atoms with Gasteiger partial charge < -0.3 is 4.74 Å².